The molecule has 1 aliphatic rings. The second kappa shape index (κ2) is 3.97. The molecule has 2 rings (SSSR count). The van der Waals surface area contributed by atoms with Crippen LogP contribution in [-0.2, 0) is 11.2 Å². The zero-order valence-electron chi connectivity index (χ0n) is 9.97. The first-order valence-electron chi connectivity index (χ1n) is 5.81. The maximum Gasteiger partial charge on any atom is 0.138 e. The monoisotopic (exact) mass is 208 g/mol. The Morgan fingerprint density at radius 1 is 1.33 bits per heavy atom. The molecule has 3 nitrogen and oxygen atoms in total. The molecule has 15 heavy (non-hydrogen) atoms. The van der Waals surface area contributed by atoms with Gasteiger partial charge in [0.05, 0.1) is 18.1 Å². The van der Waals surface area contributed by atoms with Crippen LogP contribution >= 0.6 is 0 Å². The van der Waals surface area contributed by atoms with E-state index in [2.05, 4.69) is 43.4 Å². The quantitative estimate of drug-likeness (QED) is 0.747. The molecule has 1 aromatic rings. The summed E-state index contributed by atoms with van der Waals surface area (Å²) in [6, 6.07) is 0. The van der Waals surface area contributed by atoms with Crippen LogP contribution in [0.2, 0.25) is 0 Å². The van der Waals surface area contributed by atoms with Crippen LogP contribution in [0.1, 0.15) is 39.6 Å². The molecule has 3 heteroatoms. The van der Waals surface area contributed by atoms with Crippen molar-refractivity contribution >= 4 is 0 Å². The molecule has 4 unspecified atom stereocenters. The van der Waals surface area contributed by atoms with Crippen LogP contribution in [0.4, 0.5) is 0 Å². The molecule has 0 amide bonds. The number of nitrogens with zero attached hydrogens (tertiary/aromatic N) is 2. The van der Waals surface area contributed by atoms with E-state index in [0.717, 1.165) is 12.1 Å². The smallest absolute Gasteiger partial charge is 0.138 e. The largest absolute Gasteiger partial charge is 0.354 e. The Morgan fingerprint density at radius 2 is 2.07 bits per heavy atom. The molecule has 1 aromatic heterocycles. The van der Waals surface area contributed by atoms with Gasteiger partial charge in [-0.2, -0.15) is 0 Å². The summed E-state index contributed by atoms with van der Waals surface area (Å²) in [6.45, 7) is 8.78. The molecule has 0 aliphatic carbocycles. The van der Waals surface area contributed by atoms with Crippen molar-refractivity contribution in [3.63, 3.8) is 0 Å². The van der Waals surface area contributed by atoms with Gasteiger partial charge >= 0.3 is 0 Å². The van der Waals surface area contributed by atoms with Crippen molar-refractivity contribution in [3.8, 4) is 0 Å². The average molecular weight is 208 g/mol. The molecular formula is C12H20N2O. The molecule has 84 valence electrons. The van der Waals surface area contributed by atoms with Crippen molar-refractivity contribution in [2.75, 3.05) is 0 Å². The van der Waals surface area contributed by atoms with Gasteiger partial charge in [-0.05, 0) is 19.3 Å². The highest BCUT2D eigenvalue weighted by Gasteiger charge is 2.37. The van der Waals surface area contributed by atoms with Gasteiger partial charge in [0.1, 0.15) is 6.23 Å². The topological polar surface area (TPSA) is 27.1 Å². The summed E-state index contributed by atoms with van der Waals surface area (Å²) in [5, 5.41) is 0. The second-order valence-corrected chi connectivity index (χ2v) is 4.62. The molecular weight excluding hydrogens is 188 g/mol. The summed E-state index contributed by atoms with van der Waals surface area (Å²) in [5.41, 5.74) is 1.14. The lowest BCUT2D eigenvalue weighted by Crippen LogP contribution is -2.14. The molecule has 0 radical (unpaired) electrons. The summed E-state index contributed by atoms with van der Waals surface area (Å²) in [7, 11) is 0. The lowest BCUT2D eigenvalue weighted by atomic mass is 9.93. The predicted octanol–water partition coefficient (Wildman–Crippen LogP) is 2.64. The third-order valence-corrected chi connectivity index (χ3v) is 3.68. The Kier molecular flexibility index (Phi) is 2.83. The highest BCUT2D eigenvalue weighted by Crippen LogP contribution is 2.38. The fourth-order valence-electron chi connectivity index (χ4n) is 2.20. The van der Waals surface area contributed by atoms with Gasteiger partial charge in [-0.15, -0.1) is 0 Å². The molecule has 0 aromatic carbocycles. The fourth-order valence-corrected chi connectivity index (χ4v) is 2.20. The molecule has 1 aliphatic heterocycles. The van der Waals surface area contributed by atoms with Crippen LogP contribution in [0.5, 0.6) is 0 Å². The molecule has 0 bridgehead atoms. The van der Waals surface area contributed by atoms with E-state index in [1.807, 2.05) is 6.33 Å². The maximum absolute atomic E-state index is 5.95. The third kappa shape index (κ3) is 1.81. The van der Waals surface area contributed by atoms with Crippen LogP contribution in [0.25, 0.3) is 0 Å². The number of aryl methyl sites for hydroxylation is 1. The summed E-state index contributed by atoms with van der Waals surface area (Å²) in [6.07, 6.45) is 5.50. The minimum absolute atomic E-state index is 0.169. The van der Waals surface area contributed by atoms with E-state index in [4.69, 9.17) is 4.74 Å². The highest BCUT2D eigenvalue weighted by molar-refractivity contribution is 4.98. The van der Waals surface area contributed by atoms with Crippen molar-refractivity contribution in [1.82, 2.24) is 9.55 Å². The molecule has 1 saturated heterocycles. The van der Waals surface area contributed by atoms with Crippen LogP contribution in [-0.4, -0.2) is 15.7 Å². The van der Waals surface area contributed by atoms with Gasteiger partial charge in [0.15, 0.2) is 0 Å². The van der Waals surface area contributed by atoms with E-state index in [-0.39, 0.29) is 6.23 Å². The second-order valence-electron chi connectivity index (χ2n) is 4.62. The Hall–Kier alpha value is -0.830. The van der Waals surface area contributed by atoms with E-state index in [9.17, 15) is 0 Å². The van der Waals surface area contributed by atoms with E-state index in [1.54, 1.807) is 0 Å². The van der Waals surface area contributed by atoms with Gasteiger partial charge in [0.2, 0.25) is 0 Å². The van der Waals surface area contributed by atoms with Gasteiger partial charge in [-0.1, -0.05) is 20.8 Å². The van der Waals surface area contributed by atoms with Crippen molar-refractivity contribution < 1.29 is 4.74 Å². The fraction of sp³-hybridized carbons (Fsp3) is 0.750. The number of aromatic nitrogens is 2. The molecule has 0 N–H and O–H groups in total. The van der Waals surface area contributed by atoms with Gasteiger partial charge in [0.25, 0.3) is 0 Å². The summed E-state index contributed by atoms with van der Waals surface area (Å²) < 4.78 is 8.07. The van der Waals surface area contributed by atoms with Crippen molar-refractivity contribution in [1.29, 1.82) is 0 Å². The minimum Gasteiger partial charge on any atom is -0.354 e. The van der Waals surface area contributed by atoms with Gasteiger partial charge in [-0.3, -0.25) is 0 Å². The van der Waals surface area contributed by atoms with E-state index in [1.165, 1.54) is 0 Å². The Labute approximate surface area is 91.5 Å². The highest BCUT2D eigenvalue weighted by atomic mass is 16.5. The Morgan fingerprint density at radius 3 is 2.53 bits per heavy atom. The Balaban J connectivity index is 2.17. The number of hydrogen-bond acceptors (Lipinski definition) is 2. The van der Waals surface area contributed by atoms with E-state index >= 15 is 0 Å². The normalized spacial score (nSPS) is 36.0. The summed E-state index contributed by atoms with van der Waals surface area (Å²) >= 11 is 0. The molecule has 0 saturated carbocycles. The van der Waals surface area contributed by atoms with E-state index < -0.39 is 0 Å². The van der Waals surface area contributed by atoms with Crippen LogP contribution in [0.3, 0.4) is 0 Å². The first-order valence-corrected chi connectivity index (χ1v) is 5.81. The van der Waals surface area contributed by atoms with Gasteiger partial charge in [0, 0.05) is 12.1 Å². The van der Waals surface area contributed by atoms with Gasteiger partial charge in [-0.25, -0.2) is 4.98 Å². The standard InChI is InChI=1S/C12H20N2O/c1-5-11-6-14(7-13-11)12-9(3)8(2)10(4)15-12/h6-10,12H,5H2,1-4H3. The van der Waals surface area contributed by atoms with E-state index in [0.29, 0.717) is 17.9 Å². The maximum atomic E-state index is 5.95. The minimum atomic E-state index is 0.169. The van der Waals surface area contributed by atoms with Crippen molar-refractivity contribution in [3.05, 3.63) is 18.2 Å². The predicted molar refractivity (Wildman–Crippen MR) is 59.5 cm³/mol. The number of ether oxygens (including phenoxy) is 1. The van der Waals surface area contributed by atoms with Crippen LogP contribution < -0.4 is 0 Å². The summed E-state index contributed by atoms with van der Waals surface area (Å²) in [5.74, 6) is 1.17. The van der Waals surface area contributed by atoms with Crippen molar-refractivity contribution in [2.45, 2.75) is 46.4 Å². The lowest BCUT2D eigenvalue weighted by Gasteiger charge is -2.17. The third-order valence-electron chi connectivity index (χ3n) is 3.68. The number of imidazole rings is 1. The first kappa shape index (κ1) is 10.7. The average Bonchev–Trinajstić information content (AvgIpc) is 2.79. The van der Waals surface area contributed by atoms with Gasteiger partial charge < -0.3 is 9.30 Å². The zero-order chi connectivity index (χ0) is 11.0. The zero-order valence-corrected chi connectivity index (χ0v) is 9.97. The SMILES string of the molecule is CCc1cn(C2OC(C)C(C)C2C)cn1. The van der Waals surface area contributed by atoms with Crippen molar-refractivity contribution in [2.24, 2.45) is 11.8 Å². The molecule has 1 fully saturated rings. The van der Waals surface area contributed by atoms with Crippen LogP contribution in [0, 0.1) is 11.8 Å². The molecule has 0 spiro atoms. The summed E-state index contributed by atoms with van der Waals surface area (Å²) in [4.78, 5) is 4.35. The number of rotatable bonds is 2. The Bertz CT molecular complexity index is 334. The molecule has 2 heterocycles. The first-order chi connectivity index (χ1) is 7.13. The number of hydrogen-bond donors (Lipinski definition) is 0. The molecule has 4 atom stereocenters. The lowest BCUT2D eigenvalue weighted by molar-refractivity contribution is -0.00462. The van der Waals surface area contributed by atoms with Crippen LogP contribution in [0.15, 0.2) is 12.5 Å².